The highest BCUT2D eigenvalue weighted by Gasteiger charge is 2.30. The zero-order valence-corrected chi connectivity index (χ0v) is 14.6. The molecular formula is C19H21F3N2O2. The summed E-state index contributed by atoms with van der Waals surface area (Å²) < 4.78 is 43.8. The van der Waals surface area contributed by atoms with E-state index in [4.69, 9.17) is 4.74 Å². The molecule has 0 radical (unpaired) electrons. The molecule has 0 aliphatic heterocycles. The molecule has 0 unspecified atom stereocenters. The van der Waals surface area contributed by atoms with Crippen molar-refractivity contribution in [3.63, 3.8) is 0 Å². The topological polar surface area (TPSA) is 41.6 Å². The lowest BCUT2D eigenvalue weighted by Crippen LogP contribution is -2.15. The number of benzene rings is 2. The Hall–Kier alpha value is -2.54. The summed E-state index contributed by atoms with van der Waals surface area (Å²) in [7, 11) is 3.98. The van der Waals surface area contributed by atoms with Crippen molar-refractivity contribution in [3.8, 4) is 5.75 Å². The minimum Gasteiger partial charge on any atom is -0.494 e. The van der Waals surface area contributed by atoms with E-state index >= 15 is 0 Å². The molecule has 0 aliphatic carbocycles. The number of amides is 1. The van der Waals surface area contributed by atoms with Crippen molar-refractivity contribution >= 4 is 11.6 Å². The molecule has 4 nitrogen and oxygen atoms in total. The summed E-state index contributed by atoms with van der Waals surface area (Å²) in [5, 5.41) is 2.58. The van der Waals surface area contributed by atoms with Crippen LogP contribution in [0.3, 0.4) is 0 Å². The van der Waals surface area contributed by atoms with E-state index in [9.17, 15) is 18.0 Å². The van der Waals surface area contributed by atoms with Crippen molar-refractivity contribution < 1.29 is 22.7 Å². The van der Waals surface area contributed by atoms with E-state index in [1.54, 1.807) is 24.3 Å². The normalized spacial score (nSPS) is 11.5. The lowest BCUT2D eigenvalue weighted by Gasteiger charge is -2.11. The number of hydrogen-bond donors (Lipinski definition) is 1. The van der Waals surface area contributed by atoms with Crippen LogP contribution < -0.4 is 10.1 Å². The smallest absolute Gasteiger partial charge is 0.416 e. The standard InChI is InChI=1S/C19H21F3N2O2/c1-24(2)11-4-12-26-17-9-7-16(8-10-17)23-18(25)14-5-3-6-15(13-14)19(20,21)22/h3,5-10,13H,4,11-12H2,1-2H3,(H,23,25). The second-order valence-corrected chi connectivity index (χ2v) is 6.06. The van der Waals surface area contributed by atoms with Crippen molar-refractivity contribution in [2.75, 3.05) is 32.6 Å². The van der Waals surface area contributed by atoms with Gasteiger partial charge in [-0.25, -0.2) is 0 Å². The third-order valence-electron chi connectivity index (χ3n) is 3.58. The average Bonchev–Trinajstić information content (AvgIpc) is 2.59. The first-order valence-electron chi connectivity index (χ1n) is 8.12. The Balaban J connectivity index is 1.93. The molecule has 0 bridgehead atoms. The highest BCUT2D eigenvalue weighted by atomic mass is 19.4. The Bertz CT molecular complexity index is 728. The van der Waals surface area contributed by atoms with Gasteiger partial charge in [-0.2, -0.15) is 13.2 Å². The number of carbonyl (C=O) groups excluding carboxylic acids is 1. The first-order valence-corrected chi connectivity index (χ1v) is 8.12. The molecule has 0 atom stereocenters. The number of nitrogens with one attached hydrogen (secondary N) is 1. The van der Waals surface area contributed by atoms with Gasteiger partial charge in [-0.1, -0.05) is 6.07 Å². The predicted octanol–water partition coefficient (Wildman–Crippen LogP) is 4.29. The zero-order valence-electron chi connectivity index (χ0n) is 14.6. The second-order valence-electron chi connectivity index (χ2n) is 6.06. The molecular weight excluding hydrogens is 345 g/mol. The number of ether oxygens (including phenoxy) is 1. The van der Waals surface area contributed by atoms with Crippen molar-refractivity contribution in [1.29, 1.82) is 0 Å². The van der Waals surface area contributed by atoms with E-state index in [-0.39, 0.29) is 5.56 Å². The minimum absolute atomic E-state index is 0.0520. The van der Waals surface area contributed by atoms with Gasteiger partial charge in [0.05, 0.1) is 12.2 Å². The fourth-order valence-corrected chi connectivity index (χ4v) is 2.25. The summed E-state index contributed by atoms with van der Waals surface area (Å²) in [6, 6.07) is 11.0. The molecule has 0 saturated carbocycles. The average molecular weight is 366 g/mol. The Kier molecular flexibility index (Phi) is 6.63. The van der Waals surface area contributed by atoms with Gasteiger partial charge in [0.2, 0.25) is 0 Å². The number of anilines is 1. The molecule has 1 amide bonds. The number of alkyl halides is 3. The van der Waals surface area contributed by atoms with Crippen LogP contribution in [0.2, 0.25) is 0 Å². The van der Waals surface area contributed by atoms with Gasteiger partial charge in [0.25, 0.3) is 5.91 Å². The van der Waals surface area contributed by atoms with Crippen LogP contribution in [0.4, 0.5) is 18.9 Å². The van der Waals surface area contributed by atoms with Crippen LogP contribution in [0.15, 0.2) is 48.5 Å². The van der Waals surface area contributed by atoms with Crippen LogP contribution in [0.5, 0.6) is 5.75 Å². The number of hydrogen-bond acceptors (Lipinski definition) is 3. The zero-order chi connectivity index (χ0) is 19.2. The fourth-order valence-electron chi connectivity index (χ4n) is 2.25. The summed E-state index contributed by atoms with van der Waals surface area (Å²) in [5.41, 5.74) is -0.427. The Morgan fingerprint density at radius 3 is 2.42 bits per heavy atom. The van der Waals surface area contributed by atoms with Gasteiger partial charge < -0.3 is 15.0 Å². The Morgan fingerprint density at radius 1 is 1.12 bits per heavy atom. The second kappa shape index (κ2) is 8.71. The molecule has 140 valence electrons. The van der Waals surface area contributed by atoms with E-state index in [0.717, 1.165) is 25.1 Å². The van der Waals surface area contributed by atoms with Gasteiger partial charge in [0, 0.05) is 17.8 Å². The highest BCUT2D eigenvalue weighted by Crippen LogP contribution is 2.29. The molecule has 0 spiro atoms. The van der Waals surface area contributed by atoms with Gasteiger partial charge in [0.1, 0.15) is 5.75 Å². The summed E-state index contributed by atoms with van der Waals surface area (Å²) in [4.78, 5) is 14.2. The van der Waals surface area contributed by atoms with Crippen LogP contribution in [0, 0.1) is 0 Å². The lowest BCUT2D eigenvalue weighted by atomic mass is 10.1. The number of nitrogens with zero attached hydrogens (tertiary/aromatic N) is 1. The lowest BCUT2D eigenvalue weighted by molar-refractivity contribution is -0.137. The monoisotopic (exact) mass is 366 g/mol. The maximum atomic E-state index is 12.7. The van der Waals surface area contributed by atoms with Gasteiger partial charge in [-0.15, -0.1) is 0 Å². The van der Waals surface area contributed by atoms with E-state index in [2.05, 4.69) is 10.2 Å². The van der Waals surface area contributed by atoms with E-state index in [0.29, 0.717) is 18.0 Å². The van der Waals surface area contributed by atoms with Gasteiger partial charge in [-0.3, -0.25) is 4.79 Å². The molecule has 0 aromatic heterocycles. The van der Waals surface area contributed by atoms with E-state index in [1.165, 1.54) is 12.1 Å². The molecule has 26 heavy (non-hydrogen) atoms. The molecule has 0 aliphatic rings. The maximum absolute atomic E-state index is 12.7. The molecule has 2 aromatic rings. The largest absolute Gasteiger partial charge is 0.494 e. The summed E-state index contributed by atoms with van der Waals surface area (Å²) in [6.07, 6.45) is -3.59. The SMILES string of the molecule is CN(C)CCCOc1ccc(NC(=O)c2cccc(C(F)(F)F)c2)cc1. The third-order valence-corrected chi connectivity index (χ3v) is 3.58. The minimum atomic E-state index is -4.48. The molecule has 0 heterocycles. The van der Waals surface area contributed by atoms with Gasteiger partial charge >= 0.3 is 6.18 Å². The van der Waals surface area contributed by atoms with Crippen molar-refractivity contribution in [2.45, 2.75) is 12.6 Å². The summed E-state index contributed by atoms with van der Waals surface area (Å²) in [5.74, 6) is 0.0663. The van der Waals surface area contributed by atoms with E-state index in [1.807, 2.05) is 14.1 Å². The van der Waals surface area contributed by atoms with E-state index < -0.39 is 17.6 Å². The third kappa shape index (κ3) is 6.07. The molecule has 0 fully saturated rings. The molecule has 2 rings (SSSR count). The number of rotatable bonds is 7. The predicted molar refractivity (Wildman–Crippen MR) is 94.5 cm³/mol. The molecule has 1 N–H and O–H groups in total. The fraction of sp³-hybridized carbons (Fsp3) is 0.316. The van der Waals surface area contributed by atoms with Crippen molar-refractivity contribution in [2.24, 2.45) is 0 Å². The van der Waals surface area contributed by atoms with Gasteiger partial charge in [0.15, 0.2) is 0 Å². The number of carbonyl (C=O) groups is 1. The Labute approximate surface area is 150 Å². The maximum Gasteiger partial charge on any atom is 0.416 e. The highest BCUT2D eigenvalue weighted by molar-refractivity contribution is 6.04. The van der Waals surface area contributed by atoms with Crippen LogP contribution >= 0.6 is 0 Å². The quantitative estimate of drug-likeness (QED) is 0.744. The first kappa shape index (κ1) is 19.8. The number of halogens is 3. The molecule has 0 saturated heterocycles. The summed E-state index contributed by atoms with van der Waals surface area (Å²) >= 11 is 0. The Morgan fingerprint density at radius 2 is 1.81 bits per heavy atom. The van der Waals surface area contributed by atoms with Crippen LogP contribution in [0.1, 0.15) is 22.3 Å². The van der Waals surface area contributed by atoms with Crippen LogP contribution in [-0.2, 0) is 6.18 Å². The van der Waals surface area contributed by atoms with Crippen LogP contribution in [0.25, 0.3) is 0 Å². The van der Waals surface area contributed by atoms with Gasteiger partial charge in [-0.05, 0) is 63.0 Å². The molecule has 2 aromatic carbocycles. The molecule has 7 heteroatoms. The van der Waals surface area contributed by atoms with Crippen LogP contribution in [-0.4, -0.2) is 38.1 Å². The summed E-state index contributed by atoms with van der Waals surface area (Å²) in [6.45, 7) is 1.50. The van der Waals surface area contributed by atoms with Crippen molar-refractivity contribution in [3.05, 3.63) is 59.7 Å². The van der Waals surface area contributed by atoms with Crippen molar-refractivity contribution in [1.82, 2.24) is 4.90 Å². The first-order chi connectivity index (χ1) is 12.3.